The maximum absolute atomic E-state index is 14.7. The van der Waals surface area contributed by atoms with E-state index in [1.807, 2.05) is 13.8 Å². The summed E-state index contributed by atoms with van der Waals surface area (Å²) in [5.74, 6) is -1.68. The van der Waals surface area contributed by atoms with Gasteiger partial charge in [0.25, 0.3) is 5.91 Å². The number of benzene rings is 1. The first kappa shape index (κ1) is 30.3. The molecule has 3 fully saturated rings. The second-order valence-electron chi connectivity index (χ2n) is 11.3. The first-order valence-electron chi connectivity index (χ1n) is 13.7. The molecular weight excluding hydrogens is 578 g/mol. The number of likely N-dealkylation sites (N-methyl/N-ethyl adjacent to an activating group) is 1. The van der Waals surface area contributed by atoms with Crippen molar-refractivity contribution in [2.75, 3.05) is 38.8 Å². The number of ether oxygens (including phenoxy) is 2. The summed E-state index contributed by atoms with van der Waals surface area (Å²) >= 11 is 3.71. The number of carbonyl (C=O) groups excluding carboxylic acids is 3. The number of anilines is 1. The van der Waals surface area contributed by atoms with Crippen LogP contribution in [0.25, 0.3) is 0 Å². The van der Waals surface area contributed by atoms with Gasteiger partial charge in [0.2, 0.25) is 11.8 Å². The van der Waals surface area contributed by atoms with Crippen LogP contribution in [0.4, 0.5) is 5.69 Å². The number of halogens is 1. The van der Waals surface area contributed by atoms with E-state index in [1.54, 1.807) is 60.4 Å². The molecule has 1 aromatic rings. The minimum atomic E-state index is -1.22. The monoisotopic (exact) mass is 617 g/mol. The van der Waals surface area contributed by atoms with Crippen LogP contribution in [0.15, 0.2) is 49.6 Å². The second kappa shape index (κ2) is 12.0. The number of aliphatic hydroxyl groups is 1. The van der Waals surface area contributed by atoms with E-state index < -0.39 is 35.6 Å². The van der Waals surface area contributed by atoms with Gasteiger partial charge in [0.05, 0.1) is 37.7 Å². The Morgan fingerprint density at radius 3 is 2.42 bits per heavy atom. The molecule has 3 unspecified atom stereocenters. The lowest BCUT2D eigenvalue weighted by Gasteiger charge is -2.39. The van der Waals surface area contributed by atoms with Crippen LogP contribution in [0.3, 0.4) is 0 Å². The van der Waals surface area contributed by atoms with Crippen molar-refractivity contribution in [2.45, 2.75) is 55.3 Å². The van der Waals surface area contributed by atoms with Gasteiger partial charge in [-0.1, -0.05) is 41.9 Å². The van der Waals surface area contributed by atoms with Crippen molar-refractivity contribution in [3.63, 3.8) is 0 Å². The van der Waals surface area contributed by atoms with Gasteiger partial charge in [-0.15, -0.1) is 13.2 Å². The number of likely N-dealkylation sites (tertiary alicyclic amines) is 1. The van der Waals surface area contributed by atoms with Crippen molar-refractivity contribution in [2.24, 2.45) is 17.8 Å². The minimum Gasteiger partial charge on any atom is -0.497 e. The second-order valence-corrected chi connectivity index (χ2v) is 12.5. The Kier molecular flexibility index (Phi) is 9.11. The van der Waals surface area contributed by atoms with Crippen molar-refractivity contribution < 1.29 is 29.0 Å². The van der Waals surface area contributed by atoms with E-state index in [4.69, 9.17) is 9.47 Å². The molecule has 40 heavy (non-hydrogen) atoms. The van der Waals surface area contributed by atoms with Crippen LogP contribution < -0.4 is 9.64 Å². The van der Waals surface area contributed by atoms with Crippen molar-refractivity contribution in [1.29, 1.82) is 0 Å². The molecule has 3 heterocycles. The highest BCUT2D eigenvalue weighted by molar-refractivity contribution is 9.09. The highest BCUT2D eigenvalue weighted by atomic mass is 79.9. The molecule has 3 aliphatic rings. The SMILES string of the molecule is C=CCN(C)C(=O)[C@H]1[C@H]2C(=O)N([C@@H](CO)CC(C)C)C(C(=O)N(CC=C)c3ccc(OC)cc3)C23CC(Br)[C@@H]1O3. The van der Waals surface area contributed by atoms with Gasteiger partial charge < -0.3 is 29.3 Å². The van der Waals surface area contributed by atoms with Crippen LogP contribution >= 0.6 is 15.9 Å². The zero-order valence-electron chi connectivity index (χ0n) is 23.7. The lowest BCUT2D eigenvalue weighted by atomic mass is 9.70. The number of amides is 3. The van der Waals surface area contributed by atoms with Crippen LogP contribution in [0.1, 0.15) is 26.7 Å². The largest absolute Gasteiger partial charge is 0.497 e. The summed E-state index contributed by atoms with van der Waals surface area (Å²) in [5, 5.41) is 10.5. The predicted octanol–water partition coefficient (Wildman–Crippen LogP) is 3.01. The average molecular weight is 619 g/mol. The number of methoxy groups -OCH3 is 1. The zero-order chi connectivity index (χ0) is 29.4. The normalized spacial score (nSPS) is 29.3. The van der Waals surface area contributed by atoms with E-state index >= 15 is 0 Å². The highest BCUT2D eigenvalue weighted by Crippen LogP contribution is 2.61. The summed E-state index contributed by atoms with van der Waals surface area (Å²) in [4.78, 5) is 47.2. The fraction of sp³-hybridized carbons (Fsp3) is 0.567. The zero-order valence-corrected chi connectivity index (χ0v) is 25.2. The summed E-state index contributed by atoms with van der Waals surface area (Å²) in [6, 6.07) is 5.46. The molecule has 10 heteroatoms. The predicted molar refractivity (Wildman–Crippen MR) is 156 cm³/mol. The summed E-state index contributed by atoms with van der Waals surface area (Å²) < 4.78 is 11.9. The van der Waals surface area contributed by atoms with E-state index in [9.17, 15) is 19.5 Å². The molecule has 0 aromatic heterocycles. The highest BCUT2D eigenvalue weighted by Gasteiger charge is 2.77. The van der Waals surface area contributed by atoms with Crippen LogP contribution in [-0.4, -0.2) is 95.1 Å². The van der Waals surface area contributed by atoms with Gasteiger partial charge >= 0.3 is 0 Å². The van der Waals surface area contributed by atoms with Crippen LogP contribution in [0.2, 0.25) is 0 Å². The van der Waals surface area contributed by atoms with Gasteiger partial charge in [0.15, 0.2) is 0 Å². The van der Waals surface area contributed by atoms with Gasteiger partial charge in [0, 0.05) is 30.7 Å². The maximum atomic E-state index is 14.7. The Balaban J connectivity index is 1.84. The Morgan fingerprint density at radius 2 is 1.88 bits per heavy atom. The van der Waals surface area contributed by atoms with E-state index in [0.717, 1.165) is 0 Å². The fourth-order valence-corrected chi connectivity index (χ4v) is 7.68. The summed E-state index contributed by atoms with van der Waals surface area (Å²) in [6.07, 6.45) is 3.59. The van der Waals surface area contributed by atoms with Crippen LogP contribution in [-0.2, 0) is 19.1 Å². The first-order chi connectivity index (χ1) is 19.1. The summed E-state index contributed by atoms with van der Waals surface area (Å²) in [7, 11) is 3.25. The van der Waals surface area contributed by atoms with Gasteiger partial charge in [-0.2, -0.15) is 0 Å². The van der Waals surface area contributed by atoms with E-state index in [0.29, 0.717) is 30.8 Å². The Labute approximate surface area is 244 Å². The van der Waals surface area contributed by atoms with Crippen molar-refractivity contribution in [3.05, 3.63) is 49.6 Å². The molecule has 1 N–H and O–H groups in total. The molecule has 1 aromatic carbocycles. The standard InChI is InChI=1S/C30H40BrN3O6/c1-7-13-32(5)27(36)23-24-28(37)34(20(17-35)15-18(3)4)26(30(24)16-22(31)25(23)40-30)29(38)33(14-8-2)19-9-11-21(39-6)12-10-19/h7-12,18,20,22-26,35H,1-2,13-17H2,3-6H3/t20-,22?,23+,24+,25+,26?,30?/m1/s1. The number of rotatable bonds is 12. The quantitative estimate of drug-likeness (QED) is 0.286. The third-order valence-electron chi connectivity index (χ3n) is 8.33. The van der Waals surface area contributed by atoms with Gasteiger partial charge in [-0.3, -0.25) is 14.4 Å². The molecule has 3 aliphatic heterocycles. The number of hydrogen-bond donors (Lipinski definition) is 1. The van der Waals surface area contributed by atoms with E-state index in [2.05, 4.69) is 29.1 Å². The number of nitrogens with zero attached hydrogens (tertiary/aromatic N) is 3. The smallest absolute Gasteiger partial charge is 0.253 e. The van der Waals surface area contributed by atoms with Crippen molar-refractivity contribution in [1.82, 2.24) is 9.80 Å². The molecule has 2 bridgehead atoms. The number of carbonyl (C=O) groups is 3. The topological polar surface area (TPSA) is 99.6 Å². The molecule has 9 nitrogen and oxygen atoms in total. The van der Waals surface area contributed by atoms with E-state index in [1.165, 1.54) is 4.90 Å². The molecule has 4 rings (SSSR count). The molecule has 0 aliphatic carbocycles. The molecule has 0 radical (unpaired) electrons. The lowest BCUT2D eigenvalue weighted by Crippen LogP contribution is -2.59. The molecule has 218 valence electrons. The fourth-order valence-electron chi connectivity index (χ4n) is 6.74. The molecule has 3 saturated heterocycles. The summed E-state index contributed by atoms with van der Waals surface area (Å²) in [6.45, 7) is 11.8. The Hall–Kier alpha value is -2.69. The molecule has 7 atom stereocenters. The first-order valence-corrected chi connectivity index (χ1v) is 14.6. The van der Waals surface area contributed by atoms with Crippen LogP contribution in [0.5, 0.6) is 5.75 Å². The van der Waals surface area contributed by atoms with Crippen molar-refractivity contribution in [3.8, 4) is 5.75 Å². The minimum absolute atomic E-state index is 0.154. The third kappa shape index (κ3) is 4.99. The maximum Gasteiger partial charge on any atom is 0.253 e. The number of fused-ring (bicyclic) bond motifs is 1. The molecule has 3 amide bonds. The molecular formula is C30H40BrN3O6. The number of hydrogen-bond acceptors (Lipinski definition) is 6. The summed E-state index contributed by atoms with van der Waals surface area (Å²) in [5.41, 5.74) is -0.609. The van der Waals surface area contributed by atoms with Crippen molar-refractivity contribution >= 4 is 39.3 Å². The Bertz CT molecular complexity index is 1140. The number of alkyl halides is 1. The van der Waals surface area contributed by atoms with Gasteiger partial charge in [0.1, 0.15) is 17.4 Å². The average Bonchev–Trinajstić information content (AvgIpc) is 3.53. The number of aliphatic hydroxyl groups excluding tert-OH is 1. The third-order valence-corrected chi connectivity index (χ3v) is 9.18. The Morgan fingerprint density at radius 1 is 1.23 bits per heavy atom. The molecule has 1 spiro atoms. The van der Waals surface area contributed by atoms with Gasteiger partial charge in [-0.25, -0.2) is 0 Å². The van der Waals surface area contributed by atoms with Gasteiger partial charge in [-0.05, 0) is 43.0 Å². The molecule has 0 saturated carbocycles. The van der Waals surface area contributed by atoms with Crippen LogP contribution in [0, 0.1) is 17.8 Å². The lowest BCUT2D eigenvalue weighted by molar-refractivity contribution is -0.147. The van der Waals surface area contributed by atoms with E-state index in [-0.39, 0.29) is 41.6 Å².